The molecule has 0 atom stereocenters. The summed E-state index contributed by atoms with van der Waals surface area (Å²) >= 11 is 10.2. The number of benzene rings is 4. The minimum atomic E-state index is -0.191. The van der Waals surface area contributed by atoms with Gasteiger partial charge in [-0.3, -0.25) is 0 Å². The number of rotatable bonds is 0. The number of hydrogen-bond acceptors (Lipinski definition) is 1. The molecule has 5 aromatic rings. The number of halogens is 2. The summed E-state index contributed by atoms with van der Waals surface area (Å²) in [6.45, 7) is 9.39. The van der Waals surface area contributed by atoms with Crippen LogP contribution in [-0.4, -0.2) is 0 Å². The van der Waals surface area contributed by atoms with E-state index < -0.39 is 0 Å². The highest BCUT2D eigenvalue weighted by Crippen LogP contribution is 2.63. The largest absolute Gasteiger partial charge is 0.455 e. The van der Waals surface area contributed by atoms with E-state index >= 15 is 0 Å². The molecule has 4 aromatic carbocycles. The van der Waals surface area contributed by atoms with E-state index in [1.165, 1.54) is 55.3 Å². The first-order chi connectivity index (χ1) is 15.7. The van der Waals surface area contributed by atoms with Crippen LogP contribution in [0.5, 0.6) is 0 Å². The van der Waals surface area contributed by atoms with Gasteiger partial charge in [0.1, 0.15) is 11.2 Å². The highest BCUT2D eigenvalue weighted by molar-refractivity contribution is 9.10. The van der Waals surface area contributed by atoms with Crippen molar-refractivity contribution >= 4 is 49.5 Å². The summed E-state index contributed by atoms with van der Waals surface area (Å²) < 4.78 is 7.78. The van der Waals surface area contributed by atoms with Crippen LogP contribution in [0.15, 0.2) is 69.6 Å². The van der Waals surface area contributed by atoms with Crippen molar-refractivity contribution in [2.24, 2.45) is 0 Å². The molecule has 0 fully saturated rings. The minimum absolute atomic E-state index is 0.145. The van der Waals surface area contributed by atoms with Crippen molar-refractivity contribution in [3.05, 3.63) is 92.4 Å². The van der Waals surface area contributed by atoms with E-state index in [4.69, 9.17) is 16.0 Å². The van der Waals surface area contributed by atoms with Crippen molar-refractivity contribution in [3.63, 3.8) is 0 Å². The van der Waals surface area contributed by atoms with Gasteiger partial charge in [0.15, 0.2) is 0 Å². The standard InChI is InChI=1S/C30H22BrClO/c1-29(2)20-13-15(31)9-11-17(20)23-24-19-7-5-6-8-22(19)33-28(24)25-18-12-10-16(32)14-21(18)30(3,4)27(25)26(23)29/h5-14H,1-4H3. The van der Waals surface area contributed by atoms with E-state index in [0.29, 0.717) is 0 Å². The molecule has 2 aliphatic carbocycles. The van der Waals surface area contributed by atoms with Crippen molar-refractivity contribution < 1.29 is 4.42 Å². The third-order valence-corrected chi connectivity index (χ3v) is 8.65. The zero-order valence-corrected chi connectivity index (χ0v) is 21.3. The first-order valence-corrected chi connectivity index (χ1v) is 12.5. The topological polar surface area (TPSA) is 13.1 Å². The summed E-state index contributed by atoms with van der Waals surface area (Å²) in [5.74, 6) is 0. The second kappa shape index (κ2) is 6.11. The molecule has 3 heteroatoms. The van der Waals surface area contributed by atoms with Crippen molar-refractivity contribution in [1.29, 1.82) is 0 Å². The molecule has 0 saturated carbocycles. The van der Waals surface area contributed by atoms with E-state index in [-0.39, 0.29) is 10.8 Å². The summed E-state index contributed by atoms with van der Waals surface area (Å²) in [5, 5.41) is 3.18. The number of hydrogen-bond donors (Lipinski definition) is 0. The minimum Gasteiger partial charge on any atom is -0.455 e. The van der Waals surface area contributed by atoms with Crippen LogP contribution in [-0.2, 0) is 10.8 Å². The van der Waals surface area contributed by atoms with Crippen molar-refractivity contribution in [2.45, 2.75) is 38.5 Å². The van der Waals surface area contributed by atoms with Gasteiger partial charge in [0, 0.05) is 36.7 Å². The molecule has 1 aromatic heterocycles. The fraction of sp³-hybridized carbons (Fsp3) is 0.200. The van der Waals surface area contributed by atoms with Crippen molar-refractivity contribution in [3.8, 4) is 22.3 Å². The normalized spacial score (nSPS) is 16.7. The zero-order valence-electron chi connectivity index (χ0n) is 18.9. The first kappa shape index (κ1) is 19.9. The third kappa shape index (κ3) is 2.29. The second-order valence-electron chi connectivity index (χ2n) is 10.4. The lowest BCUT2D eigenvalue weighted by Crippen LogP contribution is -2.24. The molecule has 0 saturated heterocycles. The maximum absolute atomic E-state index is 6.67. The van der Waals surface area contributed by atoms with Crippen LogP contribution >= 0.6 is 27.5 Å². The Morgan fingerprint density at radius 2 is 1.39 bits per heavy atom. The van der Waals surface area contributed by atoms with E-state index in [1.807, 2.05) is 6.07 Å². The zero-order chi connectivity index (χ0) is 22.9. The summed E-state index contributed by atoms with van der Waals surface area (Å²) in [5.41, 5.74) is 12.1. The molecular weight excluding hydrogens is 492 g/mol. The highest BCUT2D eigenvalue weighted by Gasteiger charge is 2.48. The van der Waals surface area contributed by atoms with Crippen LogP contribution in [0.1, 0.15) is 49.9 Å². The summed E-state index contributed by atoms with van der Waals surface area (Å²) in [7, 11) is 0. The molecule has 0 radical (unpaired) electrons. The summed E-state index contributed by atoms with van der Waals surface area (Å²) in [6, 6.07) is 21.5. The Labute approximate surface area is 206 Å². The molecular formula is C30H22BrClO. The molecule has 0 spiro atoms. The lowest BCUT2D eigenvalue weighted by molar-refractivity contribution is 0.600. The Morgan fingerprint density at radius 3 is 2.18 bits per heavy atom. The predicted molar refractivity (Wildman–Crippen MR) is 142 cm³/mol. The van der Waals surface area contributed by atoms with Crippen LogP contribution in [0, 0.1) is 0 Å². The van der Waals surface area contributed by atoms with Crippen LogP contribution in [0.2, 0.25) is 5.02 Å². The van der Waals surface area contributed by atoms with Gasteiger partial charge < -0.3 is 4.42 Å². The Bertz CT molecular complexity index is 1690. The third-order valence-electron chi connectivity index (χ3n) is 7.92. The molecule has 0 amide bonds. The van der Waals surface area contributed by atoms with Gasteiger partial charge in [0.25, 0.3) is 0 Å². The van der Waals surface area contributed by atoms with E-state index in [9.17, 15) is 0 Å². The van der Waals surface area contributed by atoms with Gasteiger partial charge in [-0.25, -0.2) is 0 Å². The molecule has 33 heavy (non-hydrogen) atoms. The van der Waals surface area contributed by atoms with Crippen LogP contribution in [0.4, 0.5) is 0 Å². The SMILES string of the molecule is CC1(C)c2cc(Cl)ccc2-c2c1c1c(c3c2oc2ccccc23)-c2ccc(Br)cc2C1(C)C. The van der Waals surface area contributed by atoms with Gasteiger partial charge in [-0.2, -0.15) is 0 Å². The Hall–Kier alpha value is -2.55. The molecule has 1 heterocycles. The van der Waals surface area contributed by atoms with E-state index in [0.717, 1.165) is 20.7 Å². The number of fused-ring (bicyclic) bond motifs is 12. The van der Waals surface area contributed by atoms with E-state index in [1.54, 1.807) is 0 Å². The lowest BCUT2D eigenvalue weighted by atomic mass is 9.72. The van der Waals surface area contributed by atoms with Gasteiger partial charge in [-0.05, 0) is 69.3 Å². The Kier molecular flexibility index (Phi) is 3.68. The summed E-state index contributed by atoms with van der Waals surface area (Å²) in [4.78, 5) is 0. The number of furan rings is 1. The lowest BCUT2D eigenvalue weighted by Gasteiger charge is -2.31. The molecule has 0 aliphatic heterocycles. The maximum atomic E-state index is 6.67. The van der Waals surface area contributed by atoms with Gasteiger partial charge in [0.2, 0.25) is 0 Å². The molecule has 0 bridgehead atoms. The number of para-hydroxylation sites is 1. The predicted octanol–water partition coefficient (Wildman–Crippen LogP) is 9.61. The maximum Gasteiger partial charge on any atom is 0.144 e. The molecule has 162 valence electrons. The Balaban J connectivity index is 1.79. The fourth-order valence-electron chi connectivity index (χ4n) is 6.51. The van der Waals surface area contributed by atoms with Crippen LogP contribution < -0.4 is 0 Å². The highest BCUT2D eigenvalue weighted by atomic mass is 79.9. The molecule has 0 N–H and O–H groups in total. The molecule has 7 rings (SSSR count). The van der Waals surface area contributed by atoms with Gasteiger partial charge in [-0.15, -0.1) is 0 Å². The Morgan fingerprint density at radius 1 is 0.758 bits per heavy atom. The monoisotopic (exact) mass is 512 g/mol. The smallest absolute Gasteiger partial charge is 0.144 e. The van der Waals surface area contributed by atoms with Crippen LogP contribution in [0.25, 0.3) is 44.2 Å². The van der Waals surface area contributed by atoms with E-state index in [2.05, 4.69) is 98.2 Å². The van der Waals surface area contributed by atoms with Gasteiger partial charge >= 0.3 is 0 Å². The molecule has 2 aliphatic rings. The van der Waals surface area contributed by atoms with Crippen LogP contribution in [0.3, 0.4) is 0 Å². The average Bonchev–Trinajstić information content (AvgIpc) is 3.34. The first-order valence-electron chi connectivity index (χ1n) is 11.3. The molecule has 1 nitrogen and oxygen atoms in total. The molecule has 0 unspecified atom stereocenters. The average molecular weight is 514 g/mol. The van der Waals surface area contributed by atoms with Crippen molar-refractivity contribution in [2.75, 3.05) is 0 Å². The fourth-order valence-corrected chi connectivity index (χ4v) is 7.04. The van der Waals surface area contributed by atoms with Crippen molar-refractivity contribution in [1.82, 2.24) is 0 Å². The quantitative estimate of drug-likeness (QED) is 0.201. The second-order valence-corrected chi connectivity index (χ2v) is 11.8. The van der Waals surface area contributed by atoms with Gasteiger partial charge in [-0.1, -0.05) is 85.6 Å². The summed E-state index contributed by atoms with van der Waals surface area (Å²) in [6.07, 6.45) is 0. The van der Waals surface area contributed by atoms with Gasteiger partial charge in [0.05, 0.1) is 0 Å².